The highest BCUT2D eigenvalue weighted by Crippen LogP contribution is 2.23. The molecule has 0 aliphatic carbocycles. The molecule has 0 aromatic rings. The van der Waals surface area contributed by atoms with Crippen LogP contribution in [0.5, 0.6) is 0 Å². The number of rotatable bonds is 49. The van der Waals surface area contributed by atoms with Crippen molar-refractivity contribution in [2.45, 2.75) is 281 Å². The largest absolute Gasteiger partial charge is 0.394 e. The summed E-state index contributed by atoms with van der Waals surface area (Å²) in [4.78, 5) is 13.1. The van der Waals surface area contributed by atoms with Gasteiger partial charge in [0.15, 0.2) is 6.29 Å². The summed E-state index contributed by atoms with van der Waals surface area (Å²) in [6.45, 7) is 3.65. The lowest BCUT2D eigenvalue weighted by atomic mass is 9.99. The van der Waals surface area contributed by atoms with E-state index in [-0.39, 0.29) is 12.5 Å². The van der Waals surface area contributed by atoms with Crippen LogP contribution < -0.4 is 5.32 Å². The van der Waals surface area contributed by atoms with Crippen LogP contribution in [0.25, 0.3) is 0 Å². The Kier molecular flexibility index (Phi) is 48.1. The summed E-state index contributed by atoms with van der Waals surface area (Å²) in [7, 11) is 0. The lowest BCUT2D eigenvalue weighted by Gasteiger charge is -2.40. The smallest absolute Gasteiger partial charge is 0.220 e. The second kappa shape index (κ2) is 51.6. The van der Waals surface area contributed by atoms with Crippen molar-refractivity contribution in [2.24, 2.45) is 0 Å². The highest BCUT2D eigenvalue weighted by atomic mass is 16.7. The van der Waals surface area contributed by atoms with E-state index in [0.717, 1.165) is 77.0 Å². The number of carbonyl (C=O) groups is 1. The first-order chi connectivity index (χ1) is 35.3. The van der Waals surface area contributed by atoms with Gasteiger partial charge in [0.2, 0.25) is 5.91 Å². The van der Waals surface area contributed by atoms with Crippen molar-refractivity contribution in [3.63, 3.8) is 0 Å². The number of ether oxygens (including phenoxy) is 2. The summed E-state index contributed by atoms with van der Waals surface area (Å²) in [5, 5.41) is 54.5. The van der Waals surface area contributed by atoms with Crippen molar-refractivity contribution in [3.8, 4) is 0 Å². The van der Waals surface area contributed by atoms with Gasteiger partial charge >= 0.3 is 0 Å². The van der Waals surface area contributed by atoms with E-state index in [1.807, 2.05) is 6.08 Å². The molecular formula is C63H109NO8. The van der Waals surface area contributed by atoms with E-state index in [1.54, 1.807) is 6.08 Å². The SMILES string of the molecule is CC/C=C\C/C=C\C/C=C\C/C=C\C/C=C\C/C=C\CCCCCCCCCCCCCCCCC(=O)NC(COC1OC(CO)C(O)C(O)C1O)C(O)/C=C/CC/C=C/CCCCCCCCCCCC. The van der Waals surface area contributed by atoms with E-state index in [1.165, 1.54) is 141 Å². The number of aliphatic hydroxyl groups is 5. The van der Waals surface area contributed by atoms with Crippen LogP contribution in [-0.2, 0) is 14.3 Å². The van der Waals surface area contributed by atoms with Gasteiger partial charge in [-0.15, -0.1) is 0 Å². The van der Waals surface area contributed by atoms with E-state index in [9.17, 15) is 30.3 Å². The molecule has 1 aliphatic heterocycles. The van der Waals surface area contributed by atoms with E-state index in [4.69, 9.17) is 9.47 Å². The van der Waals surface area contributed by atoms with Crippen molar-refractivity contribution < 1.29 is 39.8 Å². The molecule has 0 bridgehead atoms. The fourth-order valence-corrected chi connectivity index (χ4v) is 8.76. The summed E-state index contributed by atoms with van der Waals surface area (Å²) < 4.78 is 11.2. The van der Waals surface area contributed by atoms with Crippen LogP contribution in [-0.4, -0.2) is 87.5 Å². The van der Waals surface area contributed by atoms with Crippen LogP contribution in [0.4, 0.5) is 0 Å². The van der Waals surface area contributed by atoms with Crippen molar-refractivity contribution in [1.29, 1.82) is 0 Å². The van der Waals surface area contributed by atoms with Crippen molar-refractivity contribution in [1.82, 2.24) is 5.32 Å². The Morgan fingerprint density at radius 2 is 0.875 bits per heavy atom. The molecule has 0 aromatic heterocycles. The van der Waals surface area contributed by atoms with Gasteiger partial charge in [0.05, 0.1) is 25.4 Å². The minimum Gasteiger partial charge on any atom is -0.394 e. The van der Waals surface area contributed by atoms with E-state index in [2.05, 4.69) is 104 Å². The lowest BCUT2D eigenvalue weighted by molar-refractivity contribution is -0.302. The zero-order valence-electron chi connectivity index (χ0n) is 45.9. The molecule has 414 valence electrons. The zero-order valence-corrected chi connectivity index (χ0v) is 45.9. The predicted octanol–water partition coefficient (Wildman–Crippen LogP) is 14.8. The zero-order chi connectivity index (χ0) is 52.2. The van der Waals surface area contributed by atoms with Crippen molar-refractivity contribution >= 4 is 5.91 Å². The predicted molar refractivity (Wildman–Crippen MR) is 304 cm³/mol. The second-order valence-electron chi connectivity index (χ2n) is 20.0. The maximum Gasteiger partial charge on any atom is 0.220 e. The first kappa shape index (κ1) is 67.1. The van der Waals surface area contributed by atoms with Gasteiger partial charge < -0.3 is 40.3 Å². The van der Waals surface area contributed by atoms with E-state index in [0.29, 0.717) is 6.42 Å². The average Bonchev–Trinajstić information content (AvgIpc) is 3.38. The second-order valence-corrected chi connectivity index (χ2v) is 20.0. The molecule has 0 spiro atoms. The first-order valence-corrected chi connectivity index (χ1v) is 29.5. The molecule has 0 saturated carbocycles. The van der Waals surface area contributed by atoms with Crippen molar-refractivity contribution in [3.05, 3.63) is 97.2 Å². The molecule has 7 atom stereocenters. The third kappa shape index (κ3) is 40.5. The van der Waals surface area contributed by atoms with Gasteiger partial charge in [0.25, 0.3) is 0 Å². The average molecular weight is 1010 g/mol. The van der Waals surface area contributed by atoms with Crippen LogP contribution in [0.1, 0.15) is 239 Å². The Hall–Kier alpha value is -2.89. The quantitative estimate of drug-likeness (QED) is 0.0261. The highest BCUT2D eigenvalue weighted by Gasteiger charge is 2.44. The van der Waals surface area contributed by atoms with Gasteiger partial charge in [-0.1, -0.05) is 246 Å². The Labute approximate surface area is 441 Å². The monoisotopic (exact) mass is 1010 g/mol. The number of unbranched alkanes of at least 4 members (excludes halogenated alkanes) is 25. The van der Waals surface area contributed by atoms with Crippen molar-refractivity contribution in [2.75, 3.05) is 13.2 Å². The van der Waals surface area contributed by atoms with Gasteiger partial charge in [-0.2, -0.15) is 0 Å². The Morgan fingerprint density at radius 1 is 0.486 bits per heavy atom. The minimum atomic E-state index is -1.58. The molecule has 1 saturated heterocycles. The summed E-state index contributed by atoms with van der Waals surface area (Å²) >= 11 is 0. The summed E-state index contributed by atoms with van der Waals surface area (Å²) in [5.41, 5.74) is 0. The molecule has 9 heteroatoms. The molecule has 1 heterocycles. The Balaban J connectivity index is 2.18. The standard InChI is InChI=1S/C63H109NO8/c1-3-5-7-9-11-13-15-17-19-21-22-23-24-25-26-27-28-29-30-31-32-33-34-35-36-37-39-41-43-45-47-49-51-53-59(67)64-56(55-71-63-62(70)61(69)60(68)58(54-65)72-63)57(66)52-50-48-46-44-42-40-38-20-18-16-14-12-10-8-6-4-2/h5,7,11,13,17,19,22-23,25-26,28-29,42,44,50,52,56-58,60-63,65-66,68-70H,3-4,6,8-10,12,14-16,18,20-21,24,27,30-41,43,45-49,51,53-55H2,1-2H3,(H,64,67)/b7-5-,13-11-,19-17-,23-22-,26-25-,29-28-,44-42+,52-50+. The minimum absolute atomic E-state index is 0.190. The molecule has 0 aromatic carbocycles. The molecule has 1 fully saturated rings. The fourth-order valence-electron chi connectivity index (χ4n) is 8.76. The van der Waals surface area contributed by atoms with Crippen LogP contribution >= 0.6 is 0 Å². The number of amides is 1. The van der Waals surface area contributed by atoms with Gasteiger partial charge in [-0.3, -0.25) is 4.79 Å². The third-order valence-electron chi connectivity index (χ3n) is 13.4. The fraction of sp³-hybridized carbons (Fsp3) is 0.730. The molecule has 9 nitrogen and oxygen atoms in total. The Bertz CT molecular complexity index is 1450. The van der Waals surface area contributed by atoms with Gasteiger partial charge in [-0.05, 0) is 83.5 Å². The van der Waals surface area contributed by atoms with Crippen LogP contribution in [0, 0.1) is 0 Å². The molecule has 1 amide bonds. The van der Waals surface area contributed by atoms with Crippen LogP contribution in [0.2, 0.25) is 0 Å². The van der Waals surface area contributed by atoms with E-state index < -0.39 is 49.5 Å². The summed E-state index contributed by atoms with van der Waals surface area (Å²) in [6.07, 6.45) is 67.6. The normalized spacial score (nSPS) is 19.9. The number of aliphatic hydroxyl groups excluding tert-OH is 5. The molecule has 72 heavy (non-hydrogen) atoms. The number of nitrogens with one attached hydrogen (secondary N) is 1. The molecule has 1 rings (SSSR count). The number of allylic oxidation sites excluding steroid dienone is 15. The summed E-state index contributed by atoms with van der Waals surface area (Å²) in [5.74, 6) is -0.190. The number of hydrogen-bond acceptors (Lipinski definition) is 8. The molecule has 1 aliphatic rings. The third-order valence-corrected chi connectivity index (χ3v) is 13.4. The molecule has 7 unspecified atom stereocenters. The Morgan fingerprint density at radius 3 is 1.33 bits per heavy atom. The van der Waals surface area contributed by atoms with Crippen LogP contribution in [0.15, 0.2) is 97.2 Å². The van der Waals surface area contributed by atoms with Gasteiger partial charge in [0.1, 0.15) is 24.4 Å². The number of carbonyl (C=O) groups excluding carboxylic acids is 1. The number of hydrogen-bond donors (Lipinski definition) is 6. The maximum atomic E-state index is 13.1. The first-order valence-electron chi connectivity index (χ1n) is 29.5. The summed E-state index contributed by atoms with van der Waals surface area (Å²) in [6, 6.07) is -0.827. The van der Waals surface area contributed by atoms with Gasteiger partial charge in [0, 0.05) is 6.42 Å². The van der Waals surface area contributed by atoms with E-state index >= 15 is 0 Å². The lowest BCUT2D eigenvalue weighted by Crippen LogP contribution is -2.60. The molecule has 6 N–H and O–H groups in total. The van der Waals surface area contributed by atoms with Crippen LogP contribution in [0.3, 0.4) is 0 Å². The van der Waals surface area contributed by atoms with Gasteiger partial charge in [-0.25, -0.2) is 0 Å². The maximum absolute atomic E-state index is 13.1. The topological polar surface area (TPSA) is 149 Å². The molecular weight excluding hydrogens is 899 g/mol. The molecule has 0 radical (unpaired) electrons. The highest BCUT2D eigenvalue weighted by molar-refractivity contribution is 5.76.